The molecule has 30 heavy (non-hydrogen) atoms. The second-order valence-electron chi connectivity index (χ2n) is 7.03. The molecule has 0 saturated carbocycles. The van der Waals surface area contributed by atoms with Gasteiger partial charge in [0.05, 0.1) is 11.4 Å². The Labute approximate surface area is 198 Å². The van der Waals surface area contributed by atoms with Gasteiger partial charge >= 0.3 is 0 Å². The smallest absolute Gasteiger partial charge is 0.293 e. The fourth-order valence-electron chi connectivity index (χ4n) is 3.47. The number of carbonyl (C=O) groups excluding carboxylic acids is 2. The Morgan fingerprint density at radius 2 is 1.70 bits per heavy atom. The van der Waals surface area contributed by atoms with E-state index >= 15 is 0 Å². The minimum absolute atomic E-state index is 0.240. The van der Waals surface area contributed by atoms with Gasteiger partial charge < -0.3 is 4.57 Å². The van der Waals surface area contributed by atoms with E-state index in [1.807, 2.05) is 74.5 Å². The van der Waals surface area contributed by atoms with Gasteiger partial charge in [-0.3, -0.25) is 14.5 Å². The third-order valence-corrected chi connectivity index (χ3v) is 6.85. The van der Waals surface area contributed by atoms with Crippen molar-refractivity contribution in [2.24, 2.45) is 0 Å². The van der Waals surface area contributed by atoms with E-state index in [4.69, 9.17) is 11.6 Å². The van der Waals surface area contributed by atoms with Gasteiger partial charge in [-0.15, -0.1) is 0 Å². The van der Waals surface area contributed by atoms with Crippen LogP contribution in [0.15, 0.2) is 59.5 Å². The molecule has 2 heterocycles. The molecule has 0 bridgehead atoms. The van der Waals surface area contributed by atoms with Crippen LogP contribution in [0.4, 0.5) is 4.79 Å². The molecular formula is C23H18ClIN2O2S. The lowest BCUT2D eigenvalue weighted by atomic mass is 10.2. The Balaban J connectivity index is 1.61. The van der Waals surface area contributed by atoms with Gasteiger partial charge in [-0.1, -0.05) is 23.7 Å². The summed E-state index contributed by atoms with van der Waals surface area (Å²) in [6.07, 6.45) is 1.81. The van der Waals surface area contributed by atoms with E-state index in [9.17, 15) is 9.59 Å². The van der Waals surface area contributed by atoms with Crippen LogP contribution in [0.3, 0.4) is 0 Å². The number of halogens is 2. The van der Waals surface area contributed by atoms with Crippen LogP contribution in [0.5, 0.6) is 0 Å². The van der Waals surface area contributed by atoms with Crippen LogP contribution in [-0.4, -0.2) is 20.6 Å². The Morgan fingerprint density at radius 3 is 2.37 bits per heavy atom. The first-order valence-electron chi connectivity index (χ1n) is 9.28. The third kappa shape index (κ3) is 4.22. The summed E-state index contributed by atoms with van der Waals surface area (Å²) in [6, 6.07) is 17.5. The highest BCUT2D eigenvalue weighted by molar-refractivity contribution is 14.1. The number of carbonyl (C=O) groups is 2. The van der Waals surface area contributed by atoms with Crippen LogP contribution >= 0.6 is 46.0 Å². The van der Waals surface area contributed by atoms with Gasteiger partial charge in [-0.2, -0.15) is 0 Å². The third-order valence-electron chi connectivity index (χ3n) is 4.97. The van der Waals surface area contributed by atoms with Crippen LogP contribution < -0.4 is 0 Å². The predicted molar refractivity (Wildman–Crippen MR) is 131 cm³/mol. The molecule has 0 atom stereocenters. The number of hydrogen-bond donors (Lipinski definition) is 0. The van der Waals surface area contributed by atoms with Crippen molar-refractivity contribution in [3.05, 3.63) is 90.6 Å². The van der Waals surface area contributed by atoms with E-state index < -0.39 is 0 Å². The zero-order valence-corrected chi connectivity index (χ0v) is 20.1. The molecule has 1 aliphatic heterocycles. The fraction of sp³-hybridized carbons (Fsp3) is 0.130. The van der Waals surface area contributed by atoms with Gasteiger partial charge in [0, 0.05) is 25.7 Å². The summed E-state index contributed by atoms with van der Waals surface area (Å²) < 4.78 is 3.22. The van der Waals surface area contributed by atoms with Crippen LogP contribution in [0.25, 0.3) is 11.8 Å². The summed E-state index contributed by atoms with van der Waals surface area (Å²) in [6.45, 7) is 4.30. The Bertz CT molecular complexity index is 1170. The lowest BCUT2D eigenvalue weighted by Gasteiger charge is -2.12. The van der Waals surface area contributed by atoms with E-state index in [2.05, 4.69) is 27.2 Å². The maximum absolute atomic E-state index is 12.9. The first-order valence-corrected chi connectivity index (χ1v) is 11.6. The van der Waals surface area contributed by atoms with Gasteiger partial charge in [0.15, 0.2) is 0 Å². The van der Waals surface area contributed by atoms with Gasteiger partial charge in [-0.25, -0.2) is 0 Å². The molecule has 7 heteroatoms. The summed E-state index contributed by atoms with van der Waals surface area (Å²) in [5.74, 6) is -0.250. The lowest BCUT2D eigenvalue weighted by Crippen LogP contribution is -2.27. The van der Waals surface area contributed by atoms with Crippen molar-refractivity contribution in [2.45, 2.75) is 20.4 Å². The second-order valence-corrected chi connectivity index (χ2v) is 9.71. The van der Waals surface area contributed by atoms with Gasteiger partial charge in [0.1, 0.15) is 0 Å². The molecule has 4 nitrogen and oxygen atoms in total. The Morgan fingerprint density at radius 1 is 1.03 bits per heavy atom. The van der Waals surface area contributed by atoms with E-state index in [-0.39, 0.29) is 17.7 Å². The molecule has 3 aromatic rings. The number of aryl methyl sites for hydroxylation is 1. The van der Waals surface area contributed by atoms with Crippen LogP contribution in [0.2, 0.25) is 5.02 Å². The quantitative estimate of drug-likeness (QED) is 0.273. The second kappa shape index (κ2) is 8.61. The standard InChI is InChI=1S/C23H18ClIN2O2S/c1-14-11-17(15(2)27(14)20-9-5-18(24)6-10-20)12-21-22(28)26(23(29)30-21)13-16-3-7-19(25)8-4-16/h3-12H,13H2,1-2H3/b21-12-. The molecule has 4 rings (SSSR count). The van der Waals surface area contributed by atoms with Crippen molar-refractivity contribution in [2.75, 3.05) is 0 Å². The Kier molecular flexibility index (Phi) is 6.09. The SMILES string of the molecule is Cc1cc(/C=C2\SC(=O)N(Cc3ccc(I)cc3)C2=O)c(C)n1-c1ccc(Cl)cc1. The van der Waals surface area contributed by atoms with Gasteiger partial charge in [0.2, 0.25) is 0 Å². The van der Waals surface area contributed by atoms with Gasteiger partial charge in [0.25, 0.3) is 11.1 Å². The maximum atomic E-state index is 12.9. The molecule has 1 saturated heterocycles. The largest absolute Gasteiger partial charge is 0.318 e. The fourth-order valence-corrected chi connectivity index (χ4v) is 4.79. The number of rotatable bonds is 4. The predicted octanol–water partition coefficient (Wildman–Crippen LogP) is 6.59. The number of amides is 2. The minimum Gasteiger partial charge on any atom is -0.318 e. The van der Waals surface area contributed by atoms with Crippen molar-refractivity contribution in [3.63, 3.8) is 0 Å². The minimum atomic E-state index is -0.250. The summed E-state index contributed by atoms with van der Waals surface area (Å²) in [4.78, 5) is 27.1. The zero-order valence-electron chi connectivity index (χ0n) is 16.4. The Hall–Kier alpha value is -2.03. The van der Waals surface area contributed by atoms with E-state index in [0.29, 0.717) is 9.93 Å². The molecule has 1 fully saturated rings. The van der Waals surface area contributed by atoms with E-state index in [0.717, 1.165) is 43.5 Å². The number of thioether (sulfide) groups is 1. The zero-order chi connectivity index (χ0) is 21.4. The highest BCUT2D eigenvalue weighted by Gasteiger charge is 2.35. The molecular weight excluding hydrogens is 531 g/mol. The first-order chi connectivity index (χ1) is 14.3. The van der Waals surface area contributed by atoms with Crippen molar-refractivity contribution in [1.82, 2.24) is 9.47 Å². The molecule has 0 spiro atoms. The van der Waals surface area contributed by atoms with Crippen molar-refractivity contribution in [1.29, 1.82) is 0 Å². The number of nitrogens with zero attached hydrogens (tertiary/aromatic N) is 2. The number of hydrogen-bond acceptors (Lipinski definition) is 3. The molecule has 0 unspecified atom stereocenters. The summed E-state index contributed by atoms with van der Waals surface area (Å²) >= 11 is 9.23. The summed E-state index contributed by atoms with van der Waals surface area (Å²) in [7, 11) is 0. The lowest BCUT2D eigenvalue weighted by molar-refractivity contribution is -0.123. The maximum Gasteiger partial charge on any atom is 0.293 e. The molecule has 0 aliphatic carbocycles. The number of aromatic nitrogens is 1. The molecule has 2 aromatic carbocycles. The molecule has 0 N–H and O–H groups in total. The molecule has 0 radical (unpaired) electrons. The highest BCUT2D eigenvalue weighted by Crippen LogP contribution is 2.34. The van der Waals surface area contributed by atoms with E-state index in [1.165, 1.54) is 4.90 Å². The number of imide groups is 1. The van der Waals surface area contributed by atoms with Crippen molar-refractivity contribution in [3.8, 4) is 5.69 Å². The average Bonchev–Trinajstić information content (AvgIpc) is 3.14. The number of benzene rings is 2. The average molecular weight is 549 g/mol. The molecule has 1 aromatic heterocycles. The van der Waals surface area contributed by atoms with Crippen LogP contribution in [0.1, 0.15) is 22.5 Å². The highest BCUT2D eigenvalue weighted by atomic mass is 127. The van der Waals surface area contributed by atoms with Crippen molar-refractivity contribution < 1.29 is 9.59 Å². The normalized spacial score (nSPS) is 15.5. The molecule has 152 valence electrons. The summed E-state index contributed by atoms with van der Waals surface area (Å²) in [5.41, 5.74) is 4.89. The monoisotopic (exact) mass is 548 g/mol. The van der Waals surface area contributed by atoms with E-state index in [1.54, 1.807) is 0 Å². The topological polar surface area (TPSA) is 42.3 Å². The molecule has 1 aliphatic rings. The summed E-state index contributed by atoms with van der Waals surface area (Å²) in [5, 5.41) is 0.444. The van der Waals surface area contributed by atoms with Crippen LogP contribution in [0, 0.1) is 17.4 Å². The first kappa shape index (κ1) is 21.2. The van der Waals surface area contributed by atoms with Crippen molar-refractivity contribution >= 4 is 63.2 Å². The van der Waals surface area contributed by atoms with Crippen LogP contribution in [-0.2, 0) is 11.3 Å². The molecule has 2 amide bonds. The van der Waals surface area contributed by atoms with Gasteiger partial charge in [-0.05, 0) is 108 Å².